The number of nitrogens with zero attached hydrogens (tertiary/aromatic N) is 1. The van der Waals surface area contributed by atoms with Crippen LogP contribution in [0.5, 0.6) is 5.75 Å². The van der Waals surface area contributed by atoms with E-state index in [1.165, 1.54) is 0 Å². The van der Waals surface area contributed by atoms with E-state index >= 15 is 0 Å². The van der Waals surface area contributed by atoms with E-state index in [9.17, 15) is 0 Å². The van der Waals surface area contributed by atoms with Gasteiger partial charge in [0.25, 0.3) is 0 Å². The van der Waals surface area contributed by atoms with Gasteiger partial charge in [-0.25, -0.2) is 0 Å². The Labute approximate surface area is 142 Å². The third kappa shape index (κ3) is 3.74. The second kappa shape index (κ2) is 8.08. The second-order valence-electron chi connectivity index (χ2n) is 4.79. The van der Waals surface area contributed by atoms with Gasteiger partial charge in [-0.3, -0.25) is 4.98 Å². The van der Waals surface area contributed by atoms with Gasteiger partial charge in [-0.2, -0.15) is 0 Å². The lowest BCUT2D eigenvalue weighted by molar-refractivity contribution is 0.411. The van der Waals surface area contributed by atoms with Crippen molar-refractivity contribution in [3.63, 3.8) is 0 Å². The standard InChI is InChI=1S/C16H17Cl2NO.C2H2/c1-9-5-6-12(8-19-9)15-10(2)14(18)7-13(11(3)17)16(15)20-4;1-2/h5-8,11H,1-4H3;1-2H. The van der Waals surface area contributed by atoms with Crippen LogP contribution in [0.1, 0.15) is 29.1 Å². The molecule has 0 amide bonds. The van der Waals surface area contributed by atoms with E-state index in [4.69, 9.17) is 27.9 Å². The number of aryl methyl sites for hydroxylation is 1. The lowest BCUT2D eigenvalue weighted by Crippen LogP contribution is -1.99. The van der Waals surface area contributed by atoms with Gasteiger partial charge in [-0.05, 0) is 38.5 Å². The molecule has 1 atom stereocenters. The predicted molar refractivity (Wildman–Crippen MR) is 94.9 cm³/mol. The van der Waals surface area contributed by atoms with Crippen LogP contribution in [0.2, 0.25) is 5.02 Å². The highest BCUT2D eigenvalue weighted by Crippen LogP contribution is 2.43. The summed E-state index contributed by atoms with van der Waals surface area (Å²) in [5, 5.41) is 0.504. The Hall–Kier alpha value is -1.69. The van der Waals surface area contributed by atoms with E-state index in [0.29, 0.717) is 5.02 Å². The van der Waals surface area contributed by atoms with E-state index in [1.54, 1.807) is 7.11 Å². The second-order valence-corrected chi connectivity index (χ2v) is 5.85. The van der Waals surface area contributed by atoms with E-state index in [-0.39, 0.29) is 5.38 Å². The molecular formula is C18H19Cl2NO. The molecule has 22 heavy (non-hydrogen) atoms. The molecule has 1 aromatic carbocycles. The number of halogens is 2. The van der Waals surface area contributed by atoms with Crippen molar-refractivity contribution < 1.29 is 4.74 Å². The summed E-state index contributed by atoms with van der Waals surface area (Å²) < 4.78 is 5.59. The monoisotopic (exact) mass is 335 g/mol. The number of aromatic nitrogens is 1. The van der Waals surface area contributed by atoms with Crippen molar-refractivity contribution in [2.75, 3.05) is 7.11 Å². The van der Waals surface area contributed by atoms with E-state index < -0.39 is 0 Å². The van der Waals surface area contributed by atoms with Crippen LogP contribution in [0.15, 0.2) is 24.4 Å². The zero-order valence-corrected chi connectivity index (χ0v) is 14.7. The minimum Gasteiger partial charge on any atom is -0.496 e. The van der Waals surface area contributed by atoms with E-state index in [0.717, 1.165) is 33.7 Å². The summed E-state index contributed by atoms with van der Waals surface area (Å²) in [6.45, 7) is 5.84. The predicted octanol–water partition coefficient (Wildman–Crippen LogP) is 5.58. The van der Waals surface area contributed by atoms with Gasteiger partial charge in [0.05, 0.1) is 12.5 Å². The average Bonchev–Trinajstić information content (AvgIpc) is 2.52. The molecule has 2 nitrogen and oxygen atoms in total. The number of terminal acetylenes is 1. The molecular weight excluding hydrogens is 317 g/mol. The molecule has 1 heterocycles. The van der Waals surface area contributed by atoms with E-state index in [1.807, 2.05) is 45.2 Å². The van der Waals surface area contributed by atoms with Gasteiger partial charge in [0.2, 0.25) is 0 Å². The van der Waals surface area contributed by atoms with Crippen LogP contribution >= 0.6 is 23.2 Å². The van der Waals surface area contributed by atoms with Crippen LogP contribution in [0.3, 0.4) is 0 Å². The van der Waals surface area contributed by atoms with Crippen molar-refractivity contribution in [2.24, 2.45) is 0 Å². The van der Waals surface area contributed by atoms with Crippen molar-refractivity contribution in [3.8, 4) is 29.7 Å². The average molecular weight is 336 g/mol. The molecule has 0 saturated carbocycles. The van der Waals surface area contributed by atoms with Crippen LogP contribution in [0.25, 0.3) is 11.1 Å². The number of pyridine rings is 1. The fourth-order valence-corrected chi connectivity index (χ4v) is 2.60. The van der Waals surface area contributed by atoms with Gasteiger partial charge in [0, 0.05) is 33.6 Å². The maximum absolute atomic E-state index is 6.34. The van der Waals surface area contributed by atoms with Crippen LogP contribution in [-0.2, 0) is 0 Å². The summed E-state index contributed by atoms with van der Waals surface area (Å²) in [5.41, 5.74) is 4.76. The third-order valence-electron chi connectivity index (χ3n) is 3.34. The molecule has 0 aliphatic carbocycles. The quantitative estimate of drug-likeness (QED) is 0.539. The minimum absolute atomic E-state index is 0.180. The number of benzene rings is 1. The summed E-state index contributed by atoms with van der Waals surface area (Å²) in [6.07, 6.45) is 9.83. The number of methoxy groups -OCH3 is 1. The van der Waals surface area contributed by atoms with Gasteiger partial charge in [0.15, 0.2) is 0 Å². The molecule has 0 radical (unpaired) electrons. The fourth-order valence-electron chi connectivity index (χ4n) is 2.22. The zero-order chi connectivity index (χ0) is 16.9. The van der Waals surface area contributed by atoms with Crippen LogP contribution in [-0.4, -0.2) is 12.1 Å². The van der Waals surface area contributed by atoms with Gasteiger partial charge in [0.1, 0.15) is 5.75 Å². The molecule has 0 saturated heterocycles. The first-order chi connectivity index (χ1) is 10.5. The number of rotatable bonds is 3. The van der Waals surface area contributed by atoms with Crippen molar-refractivity contribution >= 4 is 23.2 Å². The Morgan fingerprint density at radius 1 is 1.23 bits per heavy atom. The Morgan fingerprint density at radius 3 is 2.32 bits per heavy atom. The Kier molecular flexibility index (Phi) is 6.74. The highest BCUT2D eigenvalue weighted by atomic mass is 35.5. The number of alkyl halides is 1. The van der Waals surface area contributed by atoms with Crippen LogP contribution in [0, 0.1) is 26.7 Å². The Morgan fingerprint density at radius 2 is 1.86 bits per heavy atom. The molecule has 0 aliphatic rings. The van der Waals surface area contributed by atoms with E-state index in [2.05, 4.69) is 17.8 Å². The highest BCUT2D eigenvalue weighted by Gasteiger charge is 2.19. The molecule has 1 unspecified atom stereocenters. The topological polar surface area (TPSA) is 22.1 Å². The number of hydrogen-bond acceptors (Lipinski definition) is 2. The van der Waals surface area contributed by atoms with Crippen LogP contribution in [0.4, 0.5) is 0 Å². The molecule has 116 valence electrons. The molecule has 0 N–H and O–H groups in total. The SMILES string of the molecule is C#C.COc1c(C(C)Cl)cc(Cl)c(C)c1-c1ccc(C)nc1. The minimum atomic E-state index is -0.180. The van der Waals surface area contributed by atoms with Crippen molar-refractivity contribution in [1.29, 1.82) is 0 Å². The molecule has 4 heteroatoms. The molecule has 2 rings (SSSR count). The molecule has 0 spiro atoms. The van der Waals surface area contributed by atoms with Gasteiger partial charge < -0.3 is 4.74 Å². The zero-order valence-electron chi connectivity index (χ0n) is 13.2. The van der Waals surface area contributed by atoms with Gasteiger partial charge in [-0.15, -0.1) is 24.4 Å². The molecule has 0 bridgehead atoms. The first-order valence-electron chi connectivity index (χ1n) is 6.73. The molecule has 1 aromatic heterocycles. The Bertz CT molecular complexity index is 661. The molecule has 0 fully saturated rings. The summed E-state index contributed by atoms with van der Waals surface area (Å²) >= 11 is 12.6. The smallest absolute Gasteiger partial charge is 0.131 e. The first kappa shape index (κ1) is 18.4. The third-order valence-corrected chi connectivity index (χ3v) is 3.97. The van der Waals surface area contributed by atoms with Gasteiger partial charge in [-0.1, -0.05) is 17.7 Å². The summed E-state index contributed by atoms with van der Waals surface area (Å²) in [4.78, 5) is 4.34. The van der Waals surface area contributed by atoms with Crippen molar-refractivity contribution in [2.45, 2.75) is 26.1 Å². The lowest BCUT2D eigenvalue weighted by Gasteiger charge is -2.19. The normalized spacial score (nSPS) is 11.3. The van der Waals surface area contributed by atoms with Gasteiger partial charge >= 0.3 is 0 Å². The lowest BCUT2D eigenvalue weighted by atomic mass is 9.96. The number of ether oxygens (including phenoxy) is 1. The maximum Gasteiger partial charge on any atom is 0.131 e. The summed E-state index contributed by atoms with van der Waals surface area (Å²) in [7, 11) is 1.65. The first-order valence-corrected chi connectivity index (χ1v) is 7.54. The van der Waals surface area contributed by atoms with Crippen molar-refractivity contribution in [1.82, 2.24) is 4.98 Å². The Balaban J connectivity index is 0.00000116. The molecule has 2 aromatic rings. The van der Waals surface area contributed by atoms with Crippen LogP contribution < -0.4 is 4.74 Å². The summed E-state index contributed by atoms with van der Waals surface area (Å²) in [6, 6.07) is 5.86. The van der Waals surface area contributed by atoms with Crippen molar-refractivity contribution in [3.05, 3.63) is 46.2 Å². The largest absolute Gasteiger partial charge is 0.496 e. The maximum atomic E-state index is 6.34. The number of hydrogen-bond donors (Lipinski definition) is 0. The summed E-state index contributed by atoms with van der Waals surface area (Å²) in [5.74, 6) is 0.764. The highest BCUT2D eigenvalue weighted by molar-refractivity contribution is 6.32. The molecule has 0 aliphatic heterocycles. The fraction of sp³-hybridized carbons (Fsp3) is 0.278.